The van der Waals surface area contributed by atoms with Crippen LogP contribution in [0.3, 0.4) is 0 Å². The zero-order valence-corrected chi connectivity index (χ0v) is 9.09. The molecule has 0 heterocycles. The van der Waals surface area contributed by atoms with Crippen LogP contribution < -0.4 is 11.1 Å². The van der Waals surface area contributed by atoms with Gasteiger partial charge in [-0.1, -0.05) is 18.2 Å². The van der Waals surface area contributed by atoms with Crippen molar-refractivity contribution in [3.8, 4) is 0 Å². The van der Waals surface area contributed by atoms with E-state index in [1.165, 1.54) is 5.56 Å². The minimum Gasteiger partial charge on any atom is -0.397 e. The molecule has 14 heavy (non-hydrogen) atoms. The summed E-state index contributed by atoms with van der Waals surface area (Å²) in [7, 11) is 0. The molecule has 0 unspecified atom stereocenters. The van der Waals surface area contributed by atoms with E-state index >= 15 is 0 Å². The summed E-state index contributed by atoms with van der Waals surface area (Å²) in [5, 5.41) is 3.24. The second-order valence-corrected chi connectivity index (χ2v) is 3.27. The molecule has 2 nitrogen and oxygen atoms in total. The van der Waals surface area contributed by atoms with Crippen LogP contribution in [0, 0.1) is 6.92 Å². The number of nitrogens with one attached hydrogen (secondary N) is 1. The number of allylic oxidation sites excluding steroid dienone is 1. The summed E-state index contributed by atoms with van der Waals surface area (Å²) in [5.74, 6) is 0. The number of nitrogens with two attached hydrogens (primary N) is 1. The Hall–Kier alpha value is -1.44. The van der Waals surface area contributed by atoms with Crippen LogP contribution in [0.1, 0.15) is 25.0 Å². The zero-order valence-electron chi connectivity index (χ0n) is 9.09. The van der Waals surface area contributed by atoms with Gasteiger partial charge in [0.25, 0.3) is 0 Å². The van der Waals surface area contributed by atoms with Crippen molar-refractivity contribution in [1.82, 2.24) is 0 Å². The molecule has 0 atom stereocenters. The van der Waals surface area contributed by atoms with Gasteiger partial charge in [-0.2, -0.15) is 0 Å². The maximum absolute atomic E-state index is 6.00. The molecule has 0 aliphatic heterocycles. The van der Waals surface area contributed by atoms with Gasteiger partial charge in [0.15, 0.2) is 0 Å². The van der Waals surface area contributed by atoms with Gasteiger partial charge in [0.05, 0.1) is 11.4 Å². The fourth-order valence-corrected chi connectivity index (χ4v) is 1.45. The topological polar surface area (TPSA) is 38.0 Å². The first-order valence-electron chi connectivity index (χ1n) is 4.96. The Bertz CT molecular complexity index is 340. The lowest BCUT2D eigenvalue weighted by Gasteiger charge is -2.11. The smallest absolute Gasteiger partial charge is 0.0585 e. The van der Waals surface area contributed by atoms with Crippen LogP contribution in [-0.4, -0.2) is 6.54 Å². The fraction of sp³-hybridized carbons (Fsp3) is 0.333. The first-order chi connectivity index (χ1) is 6.70. The molecule has 0 saturated heterocycles. The molecule has 0 spiro atoms. The molecule has 0 aliphatic carbocycles. The van der Waals surface area contributed by atoms with Gasteiger partial charge in [0.2, 0.25) is 0 Å². The second-order valence-electron chi connectivity index (χ2n) is 3.27. The van der Waals surface area contributed by atoms with E-state index in [1.54, 1.807) is 0 Å². The minimum atomic E-state index is 0.849. The predicted octanol–water partition coefficient (Wildman–Crippen LogP) is 3.04. The number of rotatable bonds is 3. The van der Waals surface area contributed by atoms with E-state index in [2.05, 4.69) is 24.4 Å². The van der Waals surface area contributed by atoms with E-state index in [0.717, 1.165) is 23.5 Å². The van der Waals surface area contributed by atoms with Crippen LogP contribution in [0.2, 0.25) is 0 Å². The lowest BCUT2D eigenvalue weighted by atomic mass is 10.0. The standard InChI is InChI=1S/C12H18N2/c1-4-6-10-7-8-11(14-5-2)12(13)9(10)3/h4,6-8,14H,5,13H2,1-3H3/b6-4+. The maximum Gasteiger partial charge on any atom is 0.0585 e. The van der Waals surface area contributed by atoms with Crippen LogP contribution in [0.25, 0.3) is 6.08 Å². The molecule has 1 rings (SSSR count). The average molecular weight is 190 g/mol. The number of benzene rings is 1. The third kappa shape index (κ3) is 2.08. The van der Waals surface area contributed by atoms with Crippen LogP contribution in [0.5, 0.6) is 0 Å². The highest BCUT2D eigenvalue weighted by atomic mass is 14.9. The molecule has 0 radical (unpaired) electrons. The van der Waals surface area contributed by atoms with Gasteiger partial charge in [-0.05, 0) is 38.0 Å². The van der Waals surface area contributed by atoms with Crippen LogP contribution >= 0.6 is 0 Å². The second kappa shape index (κ2) is 4.70. The Kier molecular flexibility index (Phi) is 3.57. The van der Waals surface area contributed by atoms with Crippen LogP contribution in [0.4, 0.5) is 11.4 Å². The molecule has 1 aromatic rings. The molecular formula is C12H18N2. The Morgan fingerprint density at radius 2 is 2.14 bits per heavy atom. The molecule has 0 saturated carbocycles. The Balaban J connectivity index is 3.12. The van der Waals surface area contributed by atoms with Crippen molar-refractivity contribution in [2.45, 2.75) is 20.8 Å². The van der Waals surface area contributed by atoms with Gasteiger partial charge in [0.1, 0.15) is 0 Å². The minimum absolute atomic E-state index is 0.849. The van der Waals surface area contributed by atoms with Crippen molar-refractivity contribution in [2.75, 3.05) is 17.6 Å². The lowest BCUT2D eigenvalue weighted by Crippen LogP contribution is -2.03. The van der Waals surface area contributed by atoms with Gasteiger partial charge < -0.3 is 11.1 Å². The third-order valence-electron chi connectivity index (χ3n) is 2.27. The molecule has 0 bridgehead atoms. The van der Waals surface area contributed by atoms with Crippen molar-refractivity contribution < 1.29 is 0 Å². The summed E-state index contributed by atoms with van der Waals surface area (Å²) in [5.41, 5.74) is 10.2. The summed E-state index contributed by atoms with van der Waals surface area (Å²) >= 11 is 0. The first kappa shape index (κ1) is 10.6. The van der Waals surface area contributed by atoms with Crippen molar-refractivity contribution in [1.29, 1.82) is 0 Å². The third-order valence-corrected chi connectivity index (χ3v) is 2.27. The number of hydrogen-bond donors (Lipinski definition) is 2. The molecule has 1 aromatic carbocycles. The Labute approximate surface area is 85.8 Å². The zero-order chi connectivity index (χ0) is 10.6. The number of anilines is 2. The van der Waals surface area contributed by atoms with Crippen LogP contribution in [-0.2, 0) is 0 Å². The highest BCUT2D eigenvalue weighted by Gasteiger charge is 2.03. The molecule has 76 valence electrons. The number of nitrogen functional groups attached to an aromatic ring is 1. The monoisotopic (exact) mass is 190 g/mol. The molecule has 2 heteroatoms. The molecule has 0 aromatic heterocycles. The van der Waals surface area contributed by atoms with Crippen LogP contribution in [0.15, 0.2) is 18.2 Å². The maximum atomic E-state index is 6.00. The molecule has 0 fully saturated rings. The van der Waals surface area contributed by atoms with Gasteiger partial charge in [-0.3, -0.25) is 0 Å². The number of hydrogen-bond acceptors (Lipinski definition) is 2. The highest BCUT2D eigenvalue weighted by Crippen LogP contribution is 2.26. The average Bonchev–Trinajstić information content (AvgIpc) is 2.18. The largest absolute Gasteiger partial charge is 0.397 e. The molecular weight excluding hydrogens is 172 g/mol. The highest BCUT2D eigenvalue weighted by molar-refractivity contribution is 5.75. The van der Waals surface area contributed by atoms with Crippen molar-refractivity contribution in [3.05, 3.63) is 29.3 Å². The first-order valence-corrected chi connectivity index (χ1v) is 4.96. The van der Waals surface area contributed by atoms with Gasteiger partial charge in [-0.15, -0.1) is 0 Å². The van der Waals surface area contributed by atoms with E-state index in [9.17, 15) is 0 Å². The van der Waals surface area contributed by atoms with Gasteiger partial charge >= 0.3 is 0 Å². The SMILES string of the molecule is C/C=C/c1ccc(NCC)c(N)c1C. The summed E-state index contributed by atoms with van der Waals surface area (Å²) in [6.07, 6.45) is 4.09. The molecule has 3 N–H and O–H groups in total. The van der Waals surface area contributed by atoms with E-state index in [-0.39, 0.29) is 0 Å². The Morgan fingerprint density at radius 1 is 1.43 bits per heavy atom. The van der Waals surface area contributed by atoms with Gasteiger partial charge in [0, 0.05) is 6.54 Å². The van der Waals surface area contributed by atoms with E-state index < -0.39 is 0 Å². The summed E-state index contributed by atoms with van der Waals surface area (Å²) < 4.78 is 0. The fourth-order valence-electron chi connectivity index (χ4n) is 1.45. The van der Waals surface area contributed by atoms with Crippen molar-refractivity contribution >= 4 is 17.5 Å². The van der Waals surface area contributed by atoms with Gasteiger partial charge in [-0.25, -0.2) is 0 Å². The summed E-state index contributed by atoms with van der Waals surface area (Å²) in [6.45, 7) is 7.01. The Morgan fingerprint density at radius 3 is 2.71 bits per heavy atom. The molecule has 0 aliphatic rings. The normalized spacial score (nSPS) is 10.8. The summed E-state index contributed by atoms with van der Waals surface area (Å²) in [6, 6.07) is 4.12. The van der Waals surface area contributed by atoms with E-state index in [1.807, 2.05) is 26.0 Å². The van der Waals surface area contributed by atoms with Crippen molar-refractivity contribution in [2.24, 2.45) is 0 Å². The lowest BCUT2D eigenvalue weighted by molar-refractivity contribution is 1.21. The van der Waals surface area contributed by atoms with E-state index in [4.69, 9.17) is 5.73 Å². The summed E-state index contributed by atoms with van der Waals surface area (Å²) in [4.78, 5) is 0. The van der Waals surface area contributed by atoms with E-state index in [0.29, 0.717) is 0 Å². The predicted molar refractivity (Wildman–Crippen MR) is 64.5 cm³/mol. The molecule has 0 amide bonds. The quantitative estimate of drug-likeness (QED) is 0.719. The van der Waals surface area contributed by atoms with Crippen molar-refractivity contribution in [3.63, 3.8) is 0 Å².